The highest BCUT2D eigenvalue weighted by Gasteiger charge is 2.36. The summed E-state index contributed by atoms with van der Waals surface area (Å²) in [4.78, 5) is 51.1. The molecule has 0 radical (unpaired) electrons. The number of nitrogens with zero attached hydrogens (tertiary/aromatic N) is 1. The Morgan fingerprint density at radius 1 is 0.976 bits per heavy atom. The number of carbonyl (C=O) groups is 4. The van der Waals surface area contributed by atoms with Gasteiger partial charge in [0.2, 0.25) is 5.91 Å². The molecule has 1 heterocycles. The smallest absolute Gasteiger partial charge is 0.294 e. The SMILES string of the molecule is COc1cc(/C=C2/SC(=O)N(CC(=O)Nc3ccc(F)cc3)C2=O)ccc1OCC(=O)Nc1cc(C)c(C)cc1Br. The summed E-state index contributed by atoms with van der Waals surface area (Å²) in [6, 6.07) is 13.7. The molecule has 0 aromatic heterocycles. The molecule has 1 aliphatic heterocycles. The molecule has 1 saturated heterocycles. The molecule has 3 aromatic carbocycles. The van der Waals surface area contributed by atoms with E-state index < -0.39 is 29.4 Å². The molecule has 4 amide bonds. The molecular weight excluding hydrogens is 617 g/mol. The van der Waals surface area contributed by atoms with E-state index in [9.17, 15) is 23.6 Å². The molecule has 4 rings (SSSR count). The zero-order valence-electron chi connectivity index (χ0n) is 22.2. The summed E-state index contributed by atoms with van der Waals surface area (Å²) in [7, 11) is 1.44. The monoisotopic (exact) mass is 641 g/mol. The average molecular weight is 643 g/mol. The number of carbonyl (C=O) groups excluding carboxylic acids is 4. The number of benzene rings is 3. The van der Waals surface area contributed by atoms with Crippen LogP contribution in [0.15, 0.2) is 64.0 Å². The zero-order valence-corrected chi connectivity index (χ0v) is 24.7. The van der Waals surface area contributed by atoms with Crippen molar-refractivity contribution in [1.82, 2.24) is 4.90 Å². The first kappa shape index (κ1) is 29.8. The van der Waals surface area contributed by atoms with Crippen molar-refractivity contribution in [3.05, 3.63) is 86.5 Å². The van der Waals surface area contributed by atoms with Gasteiger partial charge in [-0.1, -0.05) is 6.07 Å². The molecule has 0 atom stereocenters. The molecule has 1 fully saturated rings. The van der Waals surface area contributed by atoms with Crippen LogP contribution in [0.1, 0.15) is 16.7 Å². The molecule has 212 valence electrons. The van der Waals surface area contributed by atoms with E-state index in [1.165, 1.54) is 37.5 Å². The predicted molar refractivity (Wildman–Crippen MR) is 158 cm³/mol. The summed E-state index contributed by atoms with van der Waals surface area (Å²) in [6.07, 6.45) is 1.50. The fourth-order valence-electron chi connectivity index (χ4n) is 3.76. The van der Waals surface area contributed by atoms with Crippen LogP contribution in [-0.4, -0.2) is 48.1 Å². The van der Waals surface area contributed by atoms with Crippen LogP contribution in [0.2, 0.25) is 0 Å². The topological polar surface area (TPSA) is 114 Å². The van der Waals surface area contributed by atoms with Crippen LogP contribution in [-0.2, 0) is 14.4 Å². The molecule has 3 aromatic rings. The fourth-order valence-corrected chi connectivity index (χ4v) is 5.16. The van der Waals surface area contributed by atoms with E-state index in [-0.39, 0.29) is 17.4 Å². The van der Waals surface area contributed by atoms with Crippen molar-refractivity contribution < 1.29 is 33.0 Å². The number of rotatable bonds is 9. The van der Waals surface area contributed by atoms with Gasteiger partial charge in [-0.05, 0) is 113 Å². The van der Waals surface area contributed by atoms with Crippen LogP contribution in [0, 0.1) is 19.7 Å². The van der Waals surface area contributed by atoms with Crippen molar-refractivity contribution in [3.63, 3.8) is 0 Å². The number of nitrogens with one attached hydrogen (secondary N) is 2. The number of hydrogen-bond acceptors (Lipinski definition) is 7. The molecule has 0 bridgehead atoms. The molecule has 41 heavy (non-hydrogen) atoms. The van der Waals surface area contributed by atoms with Gasteiger partial charge in [-0.3, -0.25) is 24.1 Å². The highest BCUT2D eigenvalue weighted by molar-refractivity contribution is 9.10. The second-order valence-corrected chi connectivity index (χ2v) is 10.8. The van der Waals surface area contributed by atoms with Gasteiger partial charge in [0.1, 0.15) is 12.4 Å². The quantitative estimate of drug-likeness (QED) is 0.279. The Labute approximate surface area is 248 Å². The summed E-state index contributed by atoms with van der Waals surface area (Å²) < 4.78 is 24.9. The molecule has 0 saturated carbocycles. The number of halogens is 2. The minimum Gasteiger partial charge on any atom is -0.493 e. The number of amides is 4. The summed E-state index contributed by atoms with van der Waals surface area (Å²) in [6.45, 7) is 3.17. The highest BCUT2D eigenvalue weighted by atomic mass is 79.9. The third-order valence-corrected chi connectivity index (χ3v) is 7.57. The van der Waals surface area contributed by atoms with Crippen molar-refractivity contribution in [2.24, 2.45) is 0 Å². The van der Waals surface area contributed by atoms with Gasteiger partial charge in [-0.15, -0.1) is 0 Å². The third-order valence-electron chi connectivity index (χ3n) is 6.00. The third kappa shape index (κ3) is 7.53. The molecule has 0 aliphatic carbocycles. The molecular formula is C29H25BrFN3O6S. The van der Waals surface area contributed by atoms with E-state index in [0.29, 0.717) is 40.2 Å². The van der Waals surface area contributed by atoms with Crippen LogP contribution in [0.4, 0.5) is 20.6 Å². The normalized spacial score (nSPS) is 13.9. The summed E-state index contributed by atoms with van der Waals surface area (Å²) in [5.41, 5.74) is 3.63. The summed E-state index contributed by atoms with van der Waals surface area (Å²) >= 11 is 4.15. The van der Waals surface area contributed by atoms with Crippen molar-refractivity contribution in [1.29, 1.82) is 0 Å². The number of aryl methyl sites for hydroxylation is 2. The van der Waals surface area contributed by atoms with Crippen LogP contribution in [0.3, 0.4) is 0 Å². The Hall–Kier alpha value is -4.16. The van der Waals surface area contributed by atoms with Crippen LogP contribution in [0.5, 0.6) is 11.5 Å². The van der Waals surface area contributed by atoms with Gasteiger partial charge in [-0.2, -0.15) is 0 Å². The minimum atomic E-state index is -0.622. The van der Waals surface area contributed by atoms with Gasteiger partial charge in [0.25, 0.3) is 17.1 Å². The standard InChI is InChI=1S/C29H25BrFN3O6S/c1-16-10-21(30)22(11-17(16)2)33-27(36)15-40-23-9-4-18(12-24(23)39-3)13-25-28(37)34(29(38)41-25)14-26(35)32-20-7-5-19(31)6-8-20/h4-13H,14-15H2,1-3H3,(H,32,35)(H,33,36)/b25-13+. The van der Waals surface area contributed by atoms with Gasteiger partial charge in [-0.25, -0.2) is 4.39 Å². The first-order chi connectivity index (χ1) is 19.5. The highest BCUT2D eigenvalue weighted by Crippen LogP contribution is 2.34. The van der Waals surface area contributed by atoms with Crippen molar-refractivity contribution >= 4 is 68.1 Å². The van der Waals surface area contributed by atoms with E-state index in [1.54, 1.807) is 18.2 Å². The Morgan fingerprint density at radius 3 is 2.39 bits per heavy atom. The maximum atomic E-state index is 13.1. The molecule has 12 heteroatoms. The number of hydrogen-bond donors (Lipinski definition) is 2. The van der Waals surface area contributed by atoms with Crippen LogP contribution >= 0.6 is 27.7 Å². The number of thioether (sulfide) groups is 1. The Bertz CT molecular complexity index is 1560. The number of anilines is 2. The molecule has 0 unspecified atom stereocenters. The zero-order chi connectivity index (χ0) is 29.7. The van der Waals surface area contributed by atoms with Gasteiger partial charge in [0.05, 0.1) is 17.7 Å². The van der Waals surface area contributed by atoms with Crippen molar-refractivity contribution in [3.8, 4) is 11.5 Å². The van der Waals surface area contributed by atoms with Gasteiger partial charge in [0, 0.05) is 10.2 Å². The van der Waals surface area contributed by atoms with Gasteiger partial charge >= 0.3 is 0 Å². The Balaban J connectivity index is 1.38. The van der Waals surface area contributed by atoms with Gasteiger partial charge < -0.3 is 20.1 Å². The number of methoxy groups -OCH3 is 1. The number of ether oxygens (including phenoxy) is 2. The van der Waals surface area contributed by atoms with E-state index in [1.807, 2.05) is 26.0 Å². The lowest BCUT2D eigenvalue weighted by Crippen LogP contribution is -2.36. The average Bonchev–Trinajstić information content (AvgIpc) is 3.19. The Kier molecular flexibility index (Phi) is 9.46. The van der Waals surface area contributed by atoms with Crippen LogP contribution in [0.25, 0.3) is 6.08 Å². The lowest BCUT2D eigenvalue weighted by molar-refractivity contribution is -0.127. The molecule has 2 N–H and O–H groups in total. The van der Waals surface area contributed by atoms with E-state index in [0.717, 1.165) is 20.5 Å². The van der Waals surface area contributed by atoms with Crippen LogP contribution < -0.4 is 20.1 Å². The second-order valence-electron chi connectivity index (χ2n) is 8.99. The summed E-state index contributed by atoms with van der Waals surface area (Å²) in [5.74, 6) is -1.42. The van der Waals surface area contributed by atoms with E-state index in [2.05, 4.69) is 26.6 Å². The predicted octanol–water partition coefficient (Wildman–Crippen LogP) is 5.91. The first-order valence-corrected chi connectivity index (χ1v) is 13.8. The van der Waals surface area contributed by atoms with Crippen molar-refractivity contribution in [2.75, 3.05) is 30.9 Å². The molecule has 0 spiro atoms. The first-order valence-electron chi connectivity index (χ1n) is 12.2. The van der Waals surface area contributed by atoms with Crippen molar-refractivity contribution in [2.45, 2.75) is 13.8 Å². The lowest BCUT2D eigenvalue weighted by Gasteiger charge is -2.13. The summed E-state index contributed by atoms with van der Waals surface area (Å²) in [5, 5.41) is 4.73. The maximum absolute atomic E-state index is 13.1. The lowest BCUT2D eigenvalue weighted by atomic mass is 10.1. The maximum Gasteiger partial charge on any atom is 0.294 e. The van der Waals surface area contributed by atoms with Gasteiger partial charge in [0.15, 0.2) is 18.1 Å². The largest absolute Gasteiger partial charge is 0.493 e. The minimum absolute atomic E-state index is 0.124. The van der Waals surface area contributed by atoms with E-state index in [4.69, 9.17) is 9.47 Å². The molecule has 1 aliphatic rings. The molecule has 9 nitrogen and oxygen atoms in total. The fraction of sp³-hybridized carbons (Fsp3) is 0.172. The van der Waals surface area contributed by atoms with E-state index >= 15 is 0 Å². The number of imide groups is 1. The second kappa shape index (κ2) is 13.0. The Morgan fingerprint density at radius 2 is 1.68 bits per heavy atom.